The Morgan fingerprint density at radius 2 is 1.48 bits per heavy atom. The number of carbonyl (C=O) groups excluding carboxylic acids is 2. The lowest BCUT2D eigenvalue weighted by Gasteiger charge is -2.20. The quantitative estimate of drug-likeness (QED) is 0.641. The average molecular weight is 387 g/mol. The van der Waals surface area contributed by atoms with Crippen LogP contribution in [0.4, 0.5) is 17.1 Å². The molecule has 0 aromatic heterocycles. The Hall–Kier alpha value is -3.60. The van der Waals surface area contributed by atoms with E-state index in [1.54, 1.807) is 13.1 Å². The first kappa shape index (κ1) is 20.1. The monoisotopic (exact) mass is 387 g/mol. The van der Waals surface area contributed by atoms with Gasteiger partial charge in [0.05, 0.1) is 17.8 Å². The van der Waals surface area contributed by atoms with Crippen molar-refractivity contribution in [1.29, 1.82) is 0 Å². The Bertz CT molecular complexity index is 1020. The van der Waals surface area contributed by atoms with Crippen LogP contribution in [0.3, 0.4) is 0 Å². The predicted octanol–water partition coefficient (Wildman–Crippen LogP) is 4.76. The molecule has 2 N–H and O–H groups in total. The minimum absolute atomic E-state index is 0.0358. The van der Waals surface area contributed by atoms with Gasteiger partial charge in [-0.15, -0.1) is 0 Å². The van der Waals surface area contributed by atoms with Crippen LogP contribution in [0.15, 0.2) is 72.8 Å². The van der Waals surface area contributed by atoms with Crippen LogP contribution in [0.25, 0.3) is 0 Å². The predicted molar refractivity (Wildman–Crippen MR) is 118 cm³/mol. The third-order valence-electron chi connectivity index (χ3n) is 4.82. The van der Waals surface area contributed by atoms with Crippen LogP contribution in [0.5, 0.6) is 0 Å². The van der Waals surface area contributed by atoms with Crippen LogP contribution < -0.4 is 10.6 Å². The molecule has 3 aromatic carbocycles. The third-order valence-corrected chi connectivity index (χ3v) is 4.82. The number of nitrogens with one attached hydrogen (secondary N) is 2. The molecule has 0 heterocycles. The van der Waals surface area contributed by atoms with Crippen LogP contribution in [0.2, 0.25) is 0 Å². The lowest BCUT2D eigenvalue weighted by atomic mass is 10.1. The van der Waals surface area contributed by atoms with Gasteiger partial charge in [0.25, 0.3) is 5.91 Å². The van der Waals surface area contributed by atoms with E-state index in [9.17, 15) is 9.59 Å². The van der Waals surface area contributed by atoms with Crippen LogP contribution in [-0.2, 0) is 4.79 Å². The second-order valence-corrected chi connectivity index (χ2v) is 6.99. The van der Waals surface area contributed by atoms with Crippen molar-refractivity contribution in [1.82, 2.24) is 4.90 Å². The van der Waals surface area contributed by atoms with E-state index in [0.29, 0.717) is 11.3 Å². The second kappa shape index (κ2) is 9.06. The van der Waals surface area contributed by atoms with E-state index in [1.165, 1.54) is 4.90 Å². The number of hydrogen-bond acceptors (Lipinski definition) is 3. The van der Waals surface area contributed by atoms with Crippen molar-refractivity contribution in [2.75, 3.05) is 24.2 Å². The molecule has 0 spiro atoms. The van der Waals surface area contributed by atoms with Crippen LogP contribution in [0.1, 0.15) is 21.5 Å². The van der Waals surface area contributed by atoms with Gasteiger partial charge >= 0.3 is 0 Å². The van der Waals surface area contributed by atoms with Gasteiger partial charge < -0.3 is 15.5 Å². The van der Waals surface area contributed by atoms with Crippen LogP contribution in [-0.4, -0.2) is 30.3 Å². The molecule has 2 amide bonds. The molecule has 3 aromatic rings. The molecular weight excluding hydrogens is 362 g/mol. The number of aryl methyl sites for hydroxylation is 1. The van der Waals surface area contributed by atoms with Gasteiger partial charge in [0.1, 0.15) is 0 Å². The van der Waals surface area contributed by atoms with E-state index in [2.05, 4.69) is 10.6 Å². The van der Waals surface area contributed by atoms with Crippen LogP contribution in [0, 0.1) is 13.8 Å². The molecule has 0 unspecified atom stereocenters. The standard InChI is InChI=1S/C24H25N3O2/c1-17-10-9-15-21(18(17)2)26-23(28)16-27(3)24(29)20-13-7-8-14-22(20)25-19-11-5-4-6-12-19/h4-15,25H,16H2,1-3H3,(H,26,28). The molecule has 0 aliphatic heterocycles. The SMILES string of the molecule is Cc1cccc(NC(=O)CN(C)C(=O)c2ccccc2Nc2ccccc2)c1C. The van der Waals surface area contributed by atoms with Gasteiger partial charge in [-0.1, -0.05) is 42.5 Å². The minimum Gasteiger partial charge on any atom is -0.355 e. The number of carbonyl (C=O) groups is 2. The molecule has 0 radical (unpaired) electrons. The summed E-state index contributed by atoms with van der Waals surface area (Å²) in [6, 6.07) is 22.7. The Kier molecular flexibility index (Phi) is 6.29. The molecule has 148 valence electrons. The van der Waals surface area contributed by atoms with E-state index in [4.69, 9.17) is 0 Å². The lowest BCUT2D eigenvalue weighted by molar-refractivity contribution is -0.116. The first-order valence-corrected chi connectivity index (χ1v) is 9.48. The van der Waals surface area contributed by atoms with Gasteiger partial charge in [-0.25, -0.2) is 0 Å². The van der Waals surface area contributed by atoms with Crippen molar-refractivity contribution < 1.29 is 9.59 Å². The van der Waals surface area contributed by atoms with E-state index >= 15 is 0 Å². The molecule has 0 aliphatic carbocycles. The fraction of sp³-hybridized carbons (Fsp3) is 0.167. The smallest absolute Gasteiger partial charge is 0.256 e. The molecule has 5 nitrogen and oxygen atoms in total. The number of amides is 2. The first-order valence-electron chi connectivity index (χ1n) is 9.48. The van der Waals surface area contributed by atoms with E-state index in [1.807, 2.05) is 80.6 Å². The van der Waals surface area contributed by atoms with Gasteiger partial charge in [0, 0.05) is 18.4 Å². The number of rotatable bonds is 6. The zero-order valence-electron chi connectivity index (χ0n) is 16.9. The minimum atomic E-state index is -0.233. The van der Waals surface area contributed by atoms with Gasteiger partial charge in [-0.05, 0) is 55.3 Å². The van der Waals surface area contributed by atoms with Gasteiger partial charge in [0.15, 0.2) is 0 Å². The fourth-order valence-electron chi connectivity index (χ4n) is 3.02. The van der Waals surface area contributed by atoms with Crippen molar-refractivity contribution in [3.8, 4) is 0 Å². The van der Waals surface area contributed by atoms with Gasteiger partial charge in [-0.2, -0.15) is 0 Å². The fourth-order valence-corrected chi connectivity index (χ4v) is 3.02. The summed E-state index contributed by atoms with van der Waals surface area (Å²) < 4.78 is 0. The van der Waals surface area contributed by atoms with Gasteiger partial charge in [0.2, 0.25) is 5.91 Å². The Morgan fingerprint density at radius 3 is 2.24 bits per heavy atom. The molecule has 0 fully saturated rings. The maximum Gasteiger partial charge on any atom is 0.256 e. The number of para-hydroxylation sites is 2. The highest BCUT2D eigenvalue weighted by Crippen LogP contribution is 2.22. The number of hydrogen-bond donors (Lipinski definition) is 2. The number of likely N-dealkylation sites (N-methyl/N-ethyl adjacent to an activating group) is 1. The summed E-state index contributed by atoms with van der Waals surface area (Å²) >= 11 is 0. The maximum atomic E-state index is 13.0. The van der Waals surface area contributed by atoms with Crippen molar-refractivity contribution in [3.05, 3.63) is 89.5 Å². The topological polar surface area (TPSA) is 61.4 Å². The molecule has 5 heteroatoms. The largest absolute Gasteiger partial charge is 0.355 e. The highest BCUT2D eigenvalue weighted by Gasteiger charge is 2.18. The number of nitrogens with zero attached hydrogens (tertiary/aromatic N) is 1. The molecule has 0 saturated carbocycles. The van der Waals surface area contributed by atoms with Crippen molar-refractivity contribution in [3.63, 3.8) is 0 Å². The summed E-state index contributed by atoms with van der Waals surface area (Å²) in [5, 5.41) is 6.16. The summed E-state index contributed by atoms with van der Waals surface area (Å²) in [7, 11) is 1.63. The molecule has 0 aliphatic rings. The zero-order valence-corrected chi connectivity index (χ0v) is 16.9. The average Bonchev–Trinajstić information content (AvgIpc) is 2.72. The van der Waals surface area contributed by atoms with Crippen LogP contribution >= 0.6 is 0 Å². The maximum absolute atomic E-state index is 13.0. The highest BCUT2D eigenvalue weighted by molar-refractivity contribution is 6.03. The molecular formula is C24H25N3O2. The summed E-state index contributed by atoms with van der Waals surface area (Å²) in [5.74, 6) is -0.455. The summed E-state index contributed by atoms with van der Waals surface area (Å²) in [5.41, 5.74) is 4.99. The highest BCUT2D eigenvalue weighted by atomic mass is 16.2. The third kappa shape index (κ3) is 5.02. The zero-order chi connectivity index (χ0) is 20.8. The normalized spacial score (nSPS) is 10.3. The van der Waals surface area contributed by atoms with E-state index in [0.717, 1.165) is 22.5 Å². The first-order chi connectivity index (χ1) is 14.0. The van der Waals surface area contributed by atoms with E-state index < -0.39 is 0 Å². The van der Waals surface area contributed by atoms with Gasteiger partial charge in [-0.3, -0.25) is 9.59 Å². The van der Waals surface area contributed by atoms with Crippen molar-refractivity contribution >= 4 is 28.9 Å². The van der Waals surface area contributed by atoms with Crippen molar-refractivity contribution in [2.24, 2.45) is 0 Å². The van der Waals surface area contributed by atoms with E-state index in [-0.39, 0.29) is 18.4 Å². The lowest BCUT2D eigenvalue weighted by Crippen LogP contribution is -2.35. The Balaban J connectivity index is 1.70. The summed E-state index contributed by atoms with van der Waals surface area (Å²) in [6.45, 7) is 3.93. The molecule has 29 heavy (non-hydrogen) atoms. The summed E-state index contributed by atoms with van der Waals surface area (Å²) in [6.07, 6.45) is 0. The second-order valence-electron chi connectivity index (χ2n) is 6.99. The number of benzene rings is 3. The summed E-state index contributed by atoms with van der Waals surface area (Å²) in [4.78, 5) is 26.9. The number of anilines is 3. The Labute approximate surface area is 171 Å². The molecule has 0 saturated heterocycles. The molecule has 0 bridgehead atoms. The Morgan fingerprint density at radius 1 is 0.828 bits per heavy atom. The molecule has 3 rings (SSSR count). The molecule has 0 atom stereocenters. The van der Waals surface area contributed by atoms with Crippen molar-refractivity contribution in [2.45, 2.75) is 13.8 Å².